The molecule has 1 fully saturated rings. The summed E-state index contributed by atoms with van der Waals surface area (Å²) in [6, 6.07) is 7.91. The van der Waals surface area contributed by atoms with E-state index < -0.39 is 5.41 Å². The zero-order valence-corrected chi connectivity index (χ0v) is 12.4. The molecule has 104 valence electrons. The Morgan fingerprint density at radius 3 is 2.53 bits per heavy atom. The molecule has 0 aromatic heterocycles. The number of benzene rings is 1. The second-order valence-corrected chi connectivity index (χ2v) is 5.82. The van der Waals surface area contributed by atoms with E-state index in [-0.39, 0.29) is 5.91 Å². The molecule has 4 nitrogen and oxygen atoms in total. The van der Waals surface area contributed by atoms with Gasteiger partial charge in [-0.05, 0) is 30.5 Å². The Bertz CT molecular complexity index is 428. The van der Waals surface area contributed by atoms with Crippen LogP contribution < -0.4 is 11.1 Å². The number of carbonyl (C=O) groups is 1. The van der Waals surface area contributed by atoms with Crippen molar-refractivity contribution >= 4 is 21.8 Å². The monoisotopic (exact) mass is 326 g/mol. The van der Waals surface area contributed by atoms with Crippen molar-refractivity contribution in [3.05, 3.63) is 34.3 Å². The maximum atomic E-state index is 12.3. The molecule has 1 aromatic carbocycles. The molecule has 0 aliphatic carbocycles. The van der Waals surface area contributed by atoms with Gasteiger partial charge in [0, 0.05) is 30.8 Å². The highest BCUT2D eigenvalue weighted by molar-refractivity contribution is 9.10. The molecular formula is C14H19BrN2O2. The highest BCUT2D eigenvalue weighted by Gasteiger charge is 2.38. The molecule has 0 radical (unpaired) electrons. The molecule has 3 N–H and O–H groups in total. The van der Waals surface area contributed by atoms with Crippen molar-refractivity contribution in [3.63, 3.8) is 0 Å². The van der Waals surface area contributed by atoms with Crippen LogP contribution in [0.5, 0.6) is 0 Å². The molecule has 1 heterocycles. The van der Waals surface area contributed by atoms with Crippen molar-refractivity contribution in [2.45, 2.75) is 19.4 Å². The summed E-state index contributed by atoms with van der Waals surface area (Å²) in [4.78, 5) is 12.3. The van der Waals surface area contributed by atoms with Gasteiger partial charge in [-0.3, -0.25) is 4.79 Å². The van der Waals surface area contributed by atoms with Crippen LogP contribution in [0.3, 0.4) is 0 Å². The van der Waals surface area contributed by atoms with Gasteiger partial charge in [-0.1, -0.05) is 28.1 Å². The lowest BCUT2D eigenvalue weighted by molar-refractivity contribution is -0.136. The van der Waals surface area contributed by atoms with Crippen molar-refractivity contribution in [1.29, 1.82) is 0 Å². The summed E-state index contributed by atoms with van der Waals surface area (Å²) in [5, 5.41) is 2.99. The van der Waals surface area contributed by atoms with E-state index in [1.807, 2.05) is 24.3 Å². The molecule has 19 heavy (non-hydrogen) atoms. The average Bonchev–Trinajstić information content (AvgIpc) is 2.47. The Morgan fingerprint density at radius 2 is 1.95 bits per heavy atom. The van der Waals surface area contributed by atoms with E-state index in [2.05, 4.69) is 21.2 Å². The van der Waals surface area contributed by atoms with Gasteiger partial charge in [0.1, 0.15) is 0 Å². The van der Waals surface area contributed by atoms with E-state index in [0.29, 0.717) is 39.1 Å². The van der Waals surface area contributed by atoms with Gasteiger partial charge in [-0.2, -0.15) is 0 Å². The van der Waals surface area contributed by atoms with Gasteiger partial charge in [-0.25, -0.2) is 0 Å². The SMILES string of the molecule is NCC1(C(=O)NCc2ccc(Br)cc2)CCOCC1. The first kappa shape index (κ1) is 14.5. The van der Waals surface area contributed by atoms with Crippen molar-refractivity contribution < 1.29 is 9.53 Å². The molecule has 5 heteroatoms. The summed E-state index contributed by atoms with van der Waals surface area (Å²) in [5.74, 6) is 0.0428. The van der Waals surface area contributed by atoms with Crippen LogP contribution >= 0.6 is 15.9 Å². The highest BCUT2D eigenvalue weighted by atomic mass is 79.9. The van der Waals surface area contributed by atoms with Crippen LogP contribution in [0.15, 0.2) is 28.7 Å². The van der Waals surface area contributed by atoms with Gasteiger partial charge >= 0.3 is 0 Å². The molecule has 0 saturated carbocycles. The van der Waals surface area contributed by atoms with E-state index in [1.165, 1.54) is 0 Å². The van der Waals surface area contributed by atoms with E-state index >= 15 is 0 Å². The molecule has 0 unspecified atom stereocenters. The first-order chi connectivity index (χ1) is 9.16. The van der Waals surface area contributed by atoms with Gasteiger partial charge in [0.05, 0.1) is 5.41 Å². The standard InChI is InChI=1S/C14H19BrN2O2/c15-12-3-1-11(2-4-12)9-17-13(18)14(10-16)5-7-19-8-6-14/h1-4H,5-10,16H2,(H,17,18). The van der Waals surface area contributed by atoms with Crippen molar-refractivity contribution in [1.82, 2.24) is 5.32 Å². The minimum Gasteiger partial charge on any atom is -0.381 e. The third-order valence-corrected chi connectivity index (χ3v) is 4.22. The van der Waals surface area contributed by atoms with Gasteiger partial charge in [0.25, 0.3) is 0 Å². The number of rotatable bonds is 4. The lowest BCUT2D eigenvalue weighted by Crippen LogP contribution is -2.48. The van der Waals surface area contributed by atoms with Crippen LogP contribution in [0.4, 0.5) is 0 Å². The lowest BCUT2D eigenvalue weighted by Gasteiger charge is -2.34. The molecular weight excluding hydrogens is 308 g/mol. The van der Waals surface area contributed by atoms with E-state index in [9.17, 15) is 4.79 Å². The Balaban J connectivity index is 1.94. The molecule has 1 aliphatic heterocycles. The third kappa shape index (κ3) is 3.55. The fourth-order valence-corrected chi connectivity index (χ4v) is 2.52. The van der Waals surface area contributed by atoms with E-state index in [0.717, 1.165) is 10.0 Å². The first-order valence-corrected chi connectivity index (χ1v) is 7.26. The summed E-state index contributed by atoms with van der Waals surface area (Å²) < 4.78 is 6.34. The molecule has 0 bridgehead atoms. The van der Waals surface area contributed by atoms with Crippen LogP contribution in [0.2, 0.25) is 0 Å². The molecule has 1 saturated heterocycles. The second-order valence-electron chi connectivity index (χ2n) is 4.91. The number of nitrogens with one attached hydrogen (secondary N) is 1. The molecule has 2 rings (SSSR count). The smallest absolute Gasteiger partial charge is 0.227 e. The summed E-state index contributed by atoms with van der Waals surface area (Å²) in [6.45, 7) is 2.14. The van der Waals surface area contributed by atoms with Crippen LogP contribution in [0.1, 0.15) is 18.4 Å². The zero-order chi connectivity index (χ0) is 13.7. The number of amides is 1. The molecule has 1 amide bonds. The maximum Gasteiger partial charge on any atom is 0.227 e. The van der Waals surface area contributed by atoms with Crippen molar-refractivity contribution in [2.24, 2.45) is 11.1 Å². The molecule has 0 spiro atoms. The topological polar surface area (TPSA) is 64.4 Å². The number of hydrogen-bond acceptors (Lipinski definition) is 3. The summed E-state index contributed by atoms with van der Waals surface area (Å²) in [5.41, 5.74) is 6.43. The quantitative estimate of drug-likeness (QED) is 0.887. The van der Waals surface area contributed by atoms with Crippen LogP contribution in [-0.4, -0.2) is 25.7 Å². The maximum absolute atomic E-state index is 12.3. The Kier molecular flexibility index (Phi) is 4.96. The Hall–Kier alpha value is -0.910. The fraction of sp³-hybridized carbons (Fsp3) is 0.500. The largest absolute Gasteiger partial charge is 0.381 e. The minimum atomic E-state index is -0.451. The summed E-state index contributed by atoms with van der Waals surface area (Å²) >= 11 is 3.39. The Labute approximate surface area is 121 Å². The first-order valence-electron chi connectivity index (χ1n) is 6.47. The highest BCUT2D eigenvalue weighted by Crippen LogP contribution is 2.29. The van der Waals surface area contributed by atoms with Crippen molar-refractivity contribution in [2.75, 3.05) is 19.8 Å². The van der Waals surface area contributed by atoms with Crippen LogP contribution in [0.25, 0.3) is 0 Å². The predicted octanol–water partition coefficient (Wildman–Crippen LogP) is 1.82. The second kappa shape index (κ2) is 6.50. The van der Waals surface area contributed by atoms with Crippen LogP contribution in [0, 0.1) is 5.41 Å². The number of carbonyl (C=O) groups excluding carboxylic acids is 1. The third-order valence-electron chi connectivity index (χ3n) is 3.69. The van der Waals surface area contributed by atoms with Gasteiger partial charge in [-0.15, -0.1) is 0 Å². The fourth-order valence-electron chi connectivity index (χ4n) is 2.26. The minimum absolute atomic E-state index is 0.0428. The normalized spacial score (nSPS) is 18.0. The average molecular weight is 327 g/mol. The number of halogens is 1. The molecule has 1 aliphatic rings. The van der Waals surface area contributed by atoms with Gasteiger partial charge in [0.15, 0.2) is 0 Å². The Morgan fingerprint density at radius 1 is 1.32 bits per heavy atom. The lowest BCUT2D eigenvalue weighted by atomic mass is 9.79. The van der Waals surface area contributed by atoms with Crippen molar-refractivity contribution in [3.8, 4) is 0 Å². The number of ether oxygens (including phenoxy) is 1. The summed E-state index contributed by atoms with van der Waals surface area (Å²) in [7, 11) is 0. The van der Waals surface area contributed by atoms with Gasteiger partial charge in [0.2, 0.25) is 5.91 Å². The number of nitrogens with two attached hydrogens (primary N) is 1. The summed E-state index contributed by atoms with van der Waals surface area (Å²) in [6.07, 6.45) is 1.41. The zero-order valence-electron chi connectivity index (χ0n) is 10.8. The molecule has 1 aromatic rings. The van der Waals surface area contributed by atoms with E-state index in [4.69, 9.17) is 10.5 Å². The number of hydrogen-bond donors (Lipinski definition) is 2. The molecule has 0 atom stereocenters. The predicted molar refractivity (Wildman–Crippen MR) is 77.5 cm³/mol. The van der Waals surface area contributed by atoms with Gasteiger partial charge < -0.3 is 15.8 Å². The van der Waals surface area contributed by atoms with E-state index in [1.54, 1.807) is 0 Å². The van der Waals surface area contributed by atoms with Crippen LogP contribution in [-0.2, 0) is 16.1 Å².